The smallest absolute Gasteiger partial charge is 0.417 e. The maximum atomic E-state index is 12.5. The molecule has 1 heterocycles. The summed E-state index contributed by atoms with van der Waals surface area (Å²) in [6.07, 6.45) is -3.68. The van der Waals surface area contributed by atoms with Gasteiger partial charge in [-0.1, -0.05) is 0 Å². The molecule has 0 radical (unpaired) electrons. The van der Waals surface area contributed by atoms with E-state index >= 15 is 0 Å². The highest BCUT2D eigenvalue weighted by molar-refractivity contribution is 5.64. The highest BCUT2D eigenvalue weighted by Gasteiger charge is 2.30. The largest absolute Gasteiger partial charge is 0.468 e. The van der Waals surface area contributed by atoms with Gasteiger partial charge in [0.25, 0.3) is 0 Å². The van der Waals surface area contributed by atoms with Crippen LogP contribution in [-0.4, -0.2) is 18.9 Å². The molecular formula is C15H11F3N2O2. The van der Waals surface area contributed by atoms with Crippen LogP contribution in [0.4, 0.5) is 13.2 Å². The van der Waals surface area contributed by atoms with Gasteiger partial charge in [-0.05, 0) is 30.3 Å². The average Bonchev–Trinajstić information content (AvgIpc) is 2.52. The molecule has 2 aromatic rings. The van der Waals surface area contributed by atoms with E-state index in [1.807, 2.05) is 6.07 Å². The molecule has 0 saturated heterocycles. The number of nitriles is 1. The molecule has 1 aromatic carbocycles. The van der Waals surface area contributed by atoms with Gasteiger partial charge in [-0.25, -0.2) is 0 Å². The minimum absolute atomic E-state index is 0.00520. The molecule has 0 bridgehead atoms. The molecule has 0 atom stereocenters. The van der Waals surface area contributed by atoms with Crippen molar-refractivity contribution in [3.05, 3.63) is 47.7 Å². The zero-order valence-corrected chi connectivity index (χ0v) is 11.5. The first-order chi connectivity index (χ1) is 10.4. The van der Waals surface area contributed by atoms with Crippen molar-refractivity contribution in [3.8, 4) is 23.1 Å². The lowest BCUT2D eigenvalue weighted by atomic mass is 10.1. The zero-order valence-electron chi connectivity index (χ0n) is 11.5. The van der Waals surface area contributed by atoms with Crippen molar-refractivity contribution in [3.63, 3.8) is 0 Å². The van der Waals surface area contributed by atoms with Crippen molar-refractivity contribution in [2.24, 2.45) is 0 Å². The summed E-state index contributed by atoms with van der Waals surface area (Å²) in [7, 11) is 1.45. The Kier molecular flexibility index (Phi) is 4.63. The third kappa shape index (κ3) is 3.74. The normalized spacial score (nSPS) is 11.0. The van der Waals surface area contributed by atoms with E-state index in [2.05, 4.69) is 4.98 Å². The van der Waals surface area contributed by atoms with Gasteiger partial charge in [-0.3, -0.25) is 4.98 Å². The Morgan fingerprint density at radius 1 is 1.23 bits per heavy atom. The van der Waals surface area contributed by atoms with E-state index in [-0.39, 0.29) is 6.79 Å². The van der Waals surface area contributed by atoms with Crippen LogP contribution in [0.1, 0.15) is 11.1 Å². The summed E-state index contributed by atoms with van der Waals surface area (Å²) in [5.74, 6) is 0.373. The van der Waals surface area contributed by atoms with Gasteiger partial charge in [0.2, 0.25) is 0 Å². The fourth-order valence-corrected chi connectivity index (χ4v) is 1.75. The van der Waals surface area contributed by atoms with Gasteiger partial charge in [-0.15, -0.1) is 0 Å². The minimum Gasteiger partial charge on any atom is -0.468 e. The van der Waals surface area contributed by atoms with Crippen LogP contribution in [0.2, 0.25) is 0 Å². The lowest BCUT2D eigenvalue weighted by molar-refractivity contribution is -0.137. The van der Waals surface area contributed by atoms with E-state index in [1.165, 1.54) is 25.3 Å². The number of benzene rings is 1. The number of pyridine rings is 1. The third-order valence-corrected chi connectivity index (χ3v) is 2.77. The molecule has 0 fully saturated rings. The quantitative estimate of drug-likeness (QED) is 0.809. The van der Waals surface area contributed by atoms with Crippen LogP contribution in [0.3, 0.4) is 0 Å². The number of halogens is 3. The van der Waals surface area contributed by atoms with Gasteiger partial charge in [0, 0.05) is 18.9 Å². The van der Waals surface area contributed by atoms with Crippen LogP contribution in [0, 0.1) is 11.3 Å². The molecule has 0 aliphatic heterocycles. The lowest BCUT2D eigenvalue weighted by Gasteiger charge is -2.09. The first kappa shape index (κ1) is 15.8. The van der Waals surface area contributed by atoms with Gasteiger partial charge in [0.05, 0.1) is 22.9 Å². The maximum Gasteiger partial charge on any atom is 0.417 e. The van der Waals surface area contributed by atoms with Crippen molar-refractivity contribution < 1.29 is 22.6 Å². The highest BCUT2D eigenvalue weighted by atomic mass is 19.4. The van der Waals surface area contributed by atoms with Crippen molar-refractivity contribution in [2.45, 2.75) is 6.18 Å². The molecule has 2 rings (SSSR count). The van der Waals surface area contributed by atoms with Crippen molar-refractivity contribution in [2.75, 3.05) is 13.9 Å². The van der Waals surface area contributed by atoms with Crippen LogP contribution in [0.25, 0.3) is 11.3 Å². The summed E-state index contributed by atoms with van der Waals surface area (Å²) in [4.78, 5) is 3.80. The second kappa shape index (κ2) is 6.45. The van der Waals surface area contributed by atoms with Gasteiger partial charge < -0.3 is 9.47 Å². The molecule has 22 heavy (non-hydrogen) atoms. The van der Waals surface area contributed by atoms with Crippen molar-refractivity contribution in [1.82, 2.24) is 4.98 Å². The highest BCUT2D eigenvalue weighted by Crippen LogP contribution is 2.30. The topological polar surface area (TPSA) is 55.1 Å². The van der Waals surface area contributed by atoms with Crippen molar-refractivity contribution in [1.29, 1.82) is 5.26 Å². The Morgan fingerprint density at radius 3 is 2.55 bits per heavy atom. The molecule has 0 unspecified atom stereocenters. The lowest BCUT2D eigenvalue weighted by Crippen LogP contribution is -2.05. The van der Waals surface area contributed by atoms with Gasteiger partial charge in [0.15, 0.2) is 6.79 Å². The zero-order chi connectivity index (χ0) is 16.2. The standard InChI is InChI=1S/C15H11F3N2O2/c1-21-9-22-13-5-10(7-19)4-11(6-13)14-3-2-12(8-20-14)15(16,17)18/h2-6,8H,9H2,1H3. The number of nitrogens with zero attached hydrogens (tertiary/aromatic N) is 2. The van der Waals surface area contributed by atoms with Crippen LogP contribution in [0.15, 0.2) is 36.5 Å². The van der Waals surface area contributed by atoms with Crippen molar-refractivity contribution >= 4 is 0 Å². The molecule has 4 nitrogen and oxygen atoms in total. The van der Waals surface area contributed by atoms with Crippen LogP contribution in [-0.2, 0) is 10.9 Å². The summed E-state index contributed by atoms with van der Waals surface area (Å²) in [5, 5.41) is 9.00. The molecule has 0 aliphatic carbocycles. The predicted octanol–water partition coefficient (Wildman–Crippen LogP) is 3.62. The number of rotatable bonds is 4. The number of ether oxygens (including phenoxy) is 2. The summed E-state index contributed by atoms with van der Waals surface area (Å²) in [6, 6.07) is 8.76. The molecule has 0 spiro atoms. The Hall–Kier alpha value is -2.59. The summed E-state index contributed by atoms with van der Waals surface area (Å²) >= 11 is 0. The van der Waals surface area contributed by atoms with E-state index in [4.69, 9.17) is 14.7 Å². The van der Waals surface area contributed by atoms with E-state index in [0.717, 1.165) is 12.3 Å². The maximum absolute atomic E-state index is 12.5. The Morgan fingerprint density at radius 2 is 2.00 bits per heavy atom. The van der Waals surface area contributed by atoms with E-state index in [9.17, 15) is 13.2 Å². The first-order valence-electron chi connectivity index (χ1n) is 6.14. The summed E-state index contributed by atoms with van der Waals surface area (Å²) in [5.41, 5.74) is 0.278. The fourth-order valence-electron chi connectivity index (χ4n) is 1.75. The molecule has 114 valence electrons. The number of hydrogen-bond donors (Lipinski definition) is 0. The molecule has 0 saturated carbocycles. The van der Waals surface area contributed by atoms with Gasteiger partial charge >= 0.3 is 6.18 Å². The van der Waals surface area contributed by atoms with E-state index in [0.29, 0.717) is 22.6 Å². The summed E-state index contributed by atoms with van der Waals surface area (Å²) < 4.78 is 47.6. The minimum atomic E-state index is -4.44. The third-order valence-electron chi connectivity index (χ3n) is 2.77. The van der Waals surface area contributed by atoms with E-state index in [1.54, 1.807) is 6.07 Å². The van der Waals surface area contributed by atoms with Crippen LogP contribution < -0.4 is 4.74 Å². The molecule has 0 aliphatic rings. The van der Waals surface area contributed by atoms with Gasteiger partial charge in [0.1, 0.15) is 5.75 Å². The molecule has 7 heteroatoms. The SMILES string of the molecule is COCOc1cc(C#N)cc(-c2ccc(C(F)(F)F)cn2)c1. The predicted molar refractivity (Wildman–Crippen MR) is 71.9 cm³/mol. The molecular weight excluding hydrogens is 297 g/mol. The summed E-state index contributed by atoms with van der Waals surface area (Å²) in [6.45, 7) is -0.00520. The number of hydrogen-bond acceptors (Lipinski definition) is 4. The number of aromatic nitrogens is 1. The Bertz CT molecular complexity index is 691. The Labute approximate surface area is 124 Å². The van der Waals surface area contributed by atoms with E-state index < -0.39 is 11.7 Å². The average molecular weight is 308 g/mol. The molecule has 1 aromatic heterocycles. The first-order valence-corrected chi connectivity index (χ1v) is 6.14. The molecule has 0 N–H and O–H groups in total. The van der Waals surface area contributed by atoms with Gasteiger partial charge in [-0.2, -0.15) is 18.4 Å². The van der Waals surface area contributed by atoms with Crippen LogP contribution >= 0.6 is 0 Å². The second-order valence-corrected chi connectivity index (χ2v) is 4.34. The monoisotopic (exact) mass is 308 g/mol. The molecule has 0 amide bonds. The number of alkyl halides is 3. The second-order valence-electron chi connectivity index (χ2n) is 4.34. The van der Waals surface area contributed by atoms with Crippen LogP contribution in [0.5, 0.6) is 5.75 Å². The Balaban J connectivity index is 2.37. The number of methoxy groups -OCH3 is 1. The fraction of sp³-hybridized carbons (Fsp3) is 0.200.